The maximum atomic E-state index is 13.1. The molecule has 1 fully saturated rings. The van der Waals surface area contributed by atoms with Gasteiger partial charge in [-0.1, -0.05) is 26.0 Å². The van der Waals surface area contributed by atoms with E-state index in [1.807, 2.05) is 36.1 Å². The molecule has 2 aromatic carbocycles. The summed E-state index contributed by atoms with van der Waals surface area (Å²) in [6, 6.07) is 17.8. The summed E-state index contributed by atoms with van der Waals surface area (Å²) in [6.45, 7) is 10.4. The third kappa shape index (κ3) is 5.00. The Labute approximate surface area is 195 Å². The molecule has 0 N–H and O–H groups in total. The zero-order valence-electron chi connectivity index (χ0n) is 20.0. The molecule has 6 heteroatoms. The molecule has 1 unspecified atom stereocenters. The van der Waals surface area contributed by atoms with Crippen LogP contribution in [0.2, 0.25) is 0 Å². The average molecular weight is 449 g/mol. The van der Waals surface area contributed by atoms with E-state index in [2.05, 4.69) is 43.9 Å². The highest BCUT2D eigenvalue weighted by Crippen LogP contribution is 2.30. The second-order valence-electron chi connectivity index (χ2n) is 8.89. The summed E-state index contributed by atoms with van der Waals surface area (Å²) in [6.07, 6.45) is 0. The fourth-order valence-electron chi connectivity index (χ4n) is 4.14. The van der Waals surface area contributed by atoms with E-state index < -0.39 is 0 Å². The van der Waals surface area contributed by atoms with Crippen molar-refractivity contribution in [2.45, 2.75) is 39.7 Å². The molecule has 0 bridgehead atoms. The van der Waals surface area contributed by atoms with E-state index >= 15 is 0 Å². The highest BCUT2D eigenvalue weighted by Gasteiger charge is 2.29. The normalized spacial score (nSPS) is 16.2. The van der Waals surface area contributed by atoms with E-state index in [4.69, 9.17) is 13.9 Å². The molecule has 6 nitrogen and oxygen atoms in total. The number of anilines is 1. The van der Waals surface area contributed by atoms with Gasteiger partial charge in [-0.3, -0.25) is 4.79 Å². The lowest BCUT2D eigenvalue weighted by Crippen LogP contribution is -2.53. The maximum absolute atomic E-state index is 13.1. The van der Waals surface area contributed by atoms with Crippen molar-refractivity contribution in [1.82, 2.24) is 4.90 Å². The number of hydrogen-bond donors (Lipinski definition) is 0. The molecule has 1 aliphatic rings. The smallest absolute Gasteiger partial charge is 0.290 e. The van der Waals surface area contributed by atoms with Crippen LogP contribution < -0.4 is 14.4 Å². The van der Waals surface area contributed by atoms with Crippen molar-refractivity contribution in [1.29, 1.82) is 0 Å². The zero-order valence-corrected chi connectivity index (χ0v) is 20.0. The fourth-order valence-corrected chi connectivity index (χ4v) is 4.14. The van der Waals surface area contributed by atoms with Gasteiger partial charge in [-0.2, -0.15) is 0 Å². The van der Waals surface area contributed by atoms with E-state index in [0.717, 1.165) is 29.3 Å². The Morgan fingerprint density at radius 1 is 1.06 bits per heavy atom. The molecule has 4 rings (SSSR count). The van der Waals surface area contributed by atoms with Gasteiger partial charge in [0.1, 0.15) is 11.5 Å². The third-order valence-electron chi connectivity index (χ3n) is 6.20. The van der Waals surface area contributed by atoms with Gasteiger partial charge in [0.15, 0.2) is 5.76 Å². The van der Waals surface area contributed by atoms with Crippen LogP contribution >= 0.6 is 0 Å². The van der Waals surface area contributed by atoms with Crippen LogP contribution in [0.4, 0.5) is 5.69 Å². The molecule has 0 spiro atoms. The van der Waals surface area contributed by atoms with Crippen molar-refractivity contribution < 1.29 is 18.7 Å². The Hall–Kier alpha value is -3.41. The first-order valence-corrected chi connectivity index (χ1v) is 11.4. The zero-order chi connectivity index (χ0) is 23.5. The standard InChI is InChI=1S/C27H32N2O4/c1-18(2)21-7-6-19(3)25(16-21)33-26-13-12-24(32-26)27(30)28-14-15-29(20(4)17-28)22-8-10-23(31-5)11-9-22/h6-13,16,18,20H,14-15,17H2,1-5H3. The number of carbonyl (C=O) groups excluding carboxylic acids is 1. The van der Waals surface area contributed by atoms with E-state index in [1.54, 1.807) is 19.2 Å². The summed E-state index contributed by atoms with van der Waals surface area (Å²) in [7, 11) is 1.66. The van der Waals surface area contributed by atoms with E-state index in [0.29, 0.717) is 30.7 Å². The number of benzene rings is 2. The molecular formula is C27H32N2O4. The third-order valence-corrected chi connectivity index (χ3v) is 6.20. The monoisotopic (exact) mass is 448 g/mol. The molecule has 1 saturated heterocycles. The minimum absolute atomic E-state index is 0.112. The van der Waals surface area contributed by atoms with Crippen LogP contribution in [-0.4, -0.2) is 43.6 Å². The van der Waals surface area contributed by atoms with Crippen LogP contribution in [0.5, 0.6) is 17.4 Å². The minimum Gasteiger partial charge on any atom is -0.497 e. The molecule has 1 amide bonds. The lowest BCUT2D eigenvalue weighted by atomic mass is 10.0. The number of rotatable bonds is 6. The van der Waals surface area contributed by atoms with Crippen LogP contribution in [0.1, 0.15) is 48.4 Å². The molecule has 1 atom stereocenters. The molecule has 0 radical (unpaired) electrons. The van der Waals surface area contributed by atoms with Gasteiger partial charge < -0.3 is 23.7 Å². The predicted octanol–water partition coefficient (Wildman–Crippen LogP) is 5.86. The number of piperazine rings is 1. The Morgan fingerprint density at radius 3 is 2.48 bits per heavy atom. The number of nitrogens with zero attached hydrogens (tertiary/aromatic N) is 2. The number of hydrogen-bond acceptors (Lipinski definition) is 5. The van der Waals surface area contributed by atoms with Crippen molar-refractivity contribution in [3.05, 3.63) is 71.5 Å². The van der Waals surface area contributed by atoms with Crippen molar-refractivity contribution in [2.24, 2.45) is 0 Å². The van der Waals surface area contributed by atoms with Gasteiger partial charge in [0, 0.05) is 37.4 Å². The van der Waals surface area contributed by atoms with Gasteiger partial charge in [0.2, 0.25) is 0 Å². The first kappa shape index (κ1) is 22.8. The molecule has 1 aromatic heterocycles. The number of aryl methyl sites for hydroxylation is 1. The fraction of sp³-hybridized carbons (Fsp3) is 0.370. The summed E-state index contributed by atoms with van der Waals surface area (Å²) in [5.41, 5.74) is 3.34. The van der Waals surface area contributed by atoms with Gasteiger partial charge in [-0.05, 0) is 67.3 Å². The quantitative estimate of drug-likeness (QED) is 0.473. The maximum Gasteiger partial charge on any atom is 0.290 e. The van der Waals surface area contributed by atoms with Crippen molar-refractivity contribution >= 4 is 11.6 Å². The second kappa shape index (κ2) is 9.61. The van der Waals surface area contributed by atoms with Gasteiger partial charge in [-0.25, -0.2) is 0 Å². The highest BCUT2D eigenvalue weighted by atomic mass is 16.6. The first-order valence-electron chi connectivity index (χ1n) is 11.4. The van der Waals surface area contributed by atoms with Gasteiger partial charge >= 0.3 is 0 Å². The molecule has 3 aromatic rings. The summed E-state index contributed by atoms with van der Waals surface area (Å²) in [5, 5.41) is 0. The van der Waals surface area contributed by atoms with Crippen LogP contribution in [0, 0.1) is 6.92 Å². The second-order valence-corrected chi connectivity index (χ2v) is 8.89. The summed E-state index contributed by atoms with van der Waals surface area (Å²) in [4.78, 5) is 17.2. The SMILES string of the molecule is COc1ccc(N2CCN(C(=O)c3ccc(Oc4cc(C(C)C)ccc4C)o3)CC2C)cc1. The van der Waals surface area contributed by atoms with Crippen LogP contribution in [0.25, 0.3) is 0 Å². The molecule has 0 aliphatic carbocycles. The average Bonchev–Trinajstić information content (AvgIpc) is 3.28. The summed E-state index contributed by atoms with van der Waals surface area (Å²) < 4.78 is 17.0. The van der Waals surface area contributed by atoms with Crippen LogP contribution in [0.3, 0.4) is 0 Å². The van der Waals surface area contributed by atoms with Crippen molar-refractivity contribution in [3.8, 4) is 17.4 Å². The van der Waals surface area contributed by atoms with E-state index in [-0.39, 0.29) is 11.9 Å². The lowest BCUT2D eigenvalue weighted by molar-refractivity contribution is 0.0689. The first-order chi connectivity index (χ1) is 15.9. The summed E-state index contributed by atoms with van der Waals surface area (Å²) in [5.74, 6) is 2.50. The Balaban J connectivity index is 1.41. The van der Waals surface area contributed by atoms with Gasteiger partial charge in [0.05, 0.1) is 7.11 Å². The Kier molecular flexibility index (Phi) is 6.63. The molecule has 0 saturated carbocycles. The number of carbonyl (C=O) groups is 1. The molecule has 1 aliphatic heterocycles. The predicted molar refractivity (Wildman–Crippen MR) is 130 cm³/mol. The lowest BCUT2D eigenvalue weighted by Gasteiger charge is -2.41. The van der Waals surface area contributed by atoms with Crippen molar-refractivity contribution in [3.63, 3.8) is 0 Å². The molecule has 2 heterocycles. The Bertz CT molecular complexity index is 1100. The van der Waals surface area contributed by atoms with Gasteiger partial charge in [-0.15, -0.1) is 0 Å². The van der Waals surface area contributed by atoms with E-state index in [9.17, 15) is 4.79 Å². The molecular weight excluding hydrogens is 416 g/mol. The van der Waals surface area contributed by atoms with E-state index in [1.165, 1.54) is 5.56 Å². The minimum atomic E-state index is -0.112. The number of furan rings is 1. The van der Waals surface area contributed by atoms with Crippen LogP contribution in [0.15, 0.2) is 59.0 Å². The number of amides is 1. The topological polar surface area (TPSA) is 55.2 Å². The summed E-state index contributed by atoms with van der Waals surface area (Å²) >= 11 is 0. The largest absolute Gasteiger partial charge is 0.497 e. The highest BCUT2D eigenvalue weighted by molar-refractivity contribution is 5.92. The van der Waals surface area contributed by atoms with Crippen molar-refractivity contribution in [2.75, 3.05) is 31.6 Å². The molecule has 174 valence electrons. The number of ether oxygens (including phenoxy) is 2. The Morgan fingerprint density at radius 2 is 1.82 bits per heavy atom. The number of methoxy groups -OCH3 is 1. The van der Waals surface area contributed by atoms with Gasteiger partial charge in [0.25, 0.3) is 11.9 Å². The van der Waals surface area contributed by atoms with Crippen LogP contribution in [-0.2, 0) is 0 Å². The molecule has 33 heavy (non-hydrogen) atoms.